The van der Waals surface area contributed by atoms with Crippen molar-refractivity contribution in [1.29, 1.82) is 0 Å². The quantitative estimate of drug-likeness (QED) is 0.308. The van der Waals surface area contributed by atoms with Crippen molar-refractivity contribution in [3.8, 4) is 0 Å². The minimum absolute atomic E-state index is 0.0203. The lowest BCUT2D eigenvalue weighted by Gasteiger charge is -2.57. The second kappa shape index (κ2) is 8.32. The van der Waals surface area contributed by atoms with Gasteiger partial charge in [0.15, 0.2) is 0 Å². The molecule has 0 N–H and O–H groups in total. The number of hydrogen-bond acceptors (Lipinski definition) is 4. The molecular formula is C30H34N2O3. The lowest BCUT2D eigenvalue weighted by Crippen LogP contribution is -2.50. The van der Waals surface area contributed by atoms with Gasteiger partial charge in [-0.2, -0.15) is 5.10 Å². The number of carbonyl (C=O) groups is 2. The Morgan fingerprint density at radius 3 is 2.60 bits per heavy atom. The fourth-order valence-electron chi connectivity index (χ4n) is 8.13. The highest BCUT2D eigenvalue weighted by Crippen LogP contribution is 2.66. The Labute approximate surface area is 207 Å². The lowest BCUT2D eigenvalue weighted by molar-refractivity contribution is -0.105. The fourth-order valence-corrected chi connectivity index (χ4v) is 8.13. The zero-order chi connectivity index (χ0) is 24.2. The van der Waals surface area contributed by atoms with E-state index in [0.29, 0.717) is 23.3 Å². The number of esters is 1. The number of allylic oxidation sites excluding steroid dienone is 3. The summed E-state index contributed by atoms with van der Waals surface area (Å²) in [6.45, 7) is 4.81. The second-order valence-corrected chi connectivity index (χ2v) is 11.5. The van der Waals surface area contributed by atoms with Gasteiger partial charge in [-0.3, -0.25) is 4.79 Å². The summed E-state index contributed by atoms with van der Waals surface area (Å²) in [4.78, 5) is 24.8. The molecule has 2 fully saturated rings. The maximum absolute atomic E-state index is 12.6. The van der Waals surface area contributed by atoms with E-state index >= 15 is 0 Å². The van der Waals surface area contributed by atoms with Crippen LogP contribution in [0.25, 0.3) is 5.70 Å². The molecule has 0 saturated heterocycles. The van der Waals surface area contributed by atoms with Crippen LogP contribution in [-0.2, 0) is 9.53 Å². The molecule has 4 aliphatic rings. The minimum Gasteiger partial charge on any atom is -0.458 e. The summed E-state index contributed by atoms with van der Waals surface area (Å²) >= 11 is 0. The zero-order valence-electron chi connectivity index (χ0n) is 20.7. The Bertz CT molecular complexity index is 1200. The monoisotopic (exact) mass is 470 g/mol. The molecule has 0 bridgehead atoms. The third-order valence-electron chi connectivity index (χ3n) is 9.89. The molecule has 0 aliphatic heterocycles. The van der Waals surface area contributed by atoms with Crippen LogP contribution >= 0.6 is 0 Å². The molecular weight excluding hydrogens is 436 g/mol. The van der Waals surface area contributed by atoms with Crippen LogP contribution in [0.4, 0.5) is 0 Å². The molecule has 182 valence electrons. The van der Waals surface area contributed by atoms with Crippen molar-refractivity contribution in [2.24, 2.45) is 28.6 Å². The summed E-state index contributed by atoms with van der Waals surface area (Å²) in [6.07, 6.45) is 14.2. The Kier molecular flexibility index (Phi) is 5.35. The van der Waals surface area contributed by atoms with Gasteiger partial charge in [0.2, 0.25) is 0 Å². The molecule has 1 heterocycles. The van der Waals surface area contributed by atoms with Crippen LogP contribution in [0.1, 0.15) is 69.2 Å². The van der Waals surface area contributed by atoms with Gasteiger partial charge in [0.05, 0.1) is 11.3 Å². The first-order valence-electron chi connectivity index (χ1n) is 13.1. The van der Waals surface area contributed by atoms with Gasteiger partial charge >= 0.3 is 5.97 Å². The van der Waals surface area contributed by atoms with Crippen molar-refractivity contribution >= 4 is 18.0 Å². The normalized spacial score (nSPS) is 36.0. The number of carbonyl (C=O) groups excluding carboxylic acids is 2. The summed E-state index contributed by atoms with van der Waals surface area (Å²) in [6, 6.07) is 11.2. The van der Waals surface area contributed by atoms with E-state index < -0.39 is 0 Å². The smallest absolute Gasteiger partial charge is 0.338 e. The van der Waals surface area contributed by atoms with E-state index in [-0.39, 0.29) is 22.9 Å². The van der Waals surface area contributed by atoms with Gasteiger partial charge in [0.1, 0.15) is 12.4 Å². The van der Waals surface area contributed by atoms with Gasteiger partial charge in [0.25, 0.3) is 0 Å². The topological polar surface area (TPSA) is 61.2 Å². The average Bonchev–Trinajstić information content (AvgIpc) is 3.49. The SMILES string of the molecule is C[C@]12CC[C@H](OC(=O)c3ccccc3)CC1=CC[C@@H]1[C@@H]2CC[C@]2(C)C(n3cccn3)=C(C=O)C[C@@H]12. The standard InChI is InChI=1S/C30H34N2O3/c1-29-13-11-23(35-28(34)20-7-4-3-5-8-20)18-22(29)9-10-24-25(29)12-14-30(2)26(24)17-21(19-33)27(30)32-16-6-15-31-32/h3-9,15-16,19,23-26H,10-14,17-18H2,1-2H3/t23-,24+,25-,26-,29-,30-/m0/s1. The number of nitrogens with zero attached hydrogens (tertiary/aromatic N) is 2. The first-order chi connectivity index (χ1) is 16.9. The van der Waals surface area contributed by atoms with E-state index in [2.05, 4.69) is 25.0 Å². The Morgan fingerprint density at radius 1 is 1.06 bits per heavy atom. The van der Waals surface area contributed by atoms with Crippen LogP contribution in [0.5, 0.6) is 0 Å². The van der Waals surface area contributed by atoms with Gasteiger partial charge in [-0.1, -0.05) is 43.7 Å². The zero-order valence-corrected chi connectivity index (χ0v) is 20.7. The first-order valence-corrected chi connectivity index (χ1v) is 13.1. The highest BCUT2D eigenvalue weighted by molar-refractivity contribution is 5.89. The van der Waals surface area contributed by atoms with Gasteiger partial charge in [-0.15, -0.1) is 0 Å². The van der Waals surface area contributed by atoms with Crippen molar-refractivity contribution in [1.82, 2.24) is 9.78 Å². The number of rotatable bonds is 4. The molecule has 0 amide bonds. The largest absolute Gasteiger partial charge is 0.458 e. The van der Waals surface area contributed by atoms with Crippen molar-refractivity contribution in [2.75, 3.05) is 0 Å². The van der Waals surface area contributed by atoms with Gasteiger partial charge in [-0.25, -0.2) is 9.48 Å². The molecule has 5 nitrogen and oxygen atoms in total. The van der Waals surface area contributed by atoms with Crippen LogP contribution < -0.4 is 0 Å². The van der Waals surface area contributed by atoms with E-state index in [0.717, 1.165) is 62.5 Å². The Balaban J connectivity index is 1.23. The summed E-state index contributed by atoms with van der Waals surface area (Å²) in [5, 5.41) is 4.52. The first kappa shape index (κ1) is 22.5. The highest BCUT2D eigenvalue weighted by atomic mass is 16.5. The van der Waals surface area contributed by atoms with Crippen LogP contribution in [0, 0.1) is 28.6 Å². The van der Waals surface area contributed by atoms with Crippen LogP contribution in [0.15, 0.2) is 66.0 Å². The molecule has 2 aromatic rings. The van der Waals surface area contributed by atoms with Crippen LogP contribution in [0.3, 0.4) is 0 Å². The van der Waals surface area contributed by atoms with Gasteiger partial charge in [-0.05, 0) is 79.9 Å². The molecule has 1 aromatic heterocycles. The van der Waals surface area contributed by atoms with Gasteiger partial charge < -0.3 is 4.74 Å². The van der Waals surface area contributed by atoms with E-state index in [4.69, 9.17) is 4.74 Å². The van der Waals surface area contributed by atoms with E-state index in [1.807, 2.05) is 47.3 Å². The van der Waals surface area contributed by atoms with Gasteiger partial charge in [0, 0.05) is 29.8 Å². The third kappa shape index (κ3) is 3.46. The summed E-state index contributed by atoms with van der Waals surface area (Å²) in [7, 11) is 0. The summed E-state index contributed by atoms with van der Waals surface area (Å²) in [5.74, 6) is 1.42. The molecule has 0 radical (unpaired) electrons. The predicted molar refractivity (Wildman–Crippen MR) is 134 cm³/mol. The molecule has 35 heavy (non-hydrogen) atoms. The molecule has 6 atom stereocenters. The molecule has 2 saturated carbocycles. The Hall–Kier alpha value is -2.95. The Morgan fingerprint density at radius 2 is 1.86 bits per heavy atom. The summed E-state index contributed by atoms with van der Waals surface area (Å²) in [5.41, 5.74) is 4.28. The number of benzene rings is 1. The highest BCUT2D eigenvalue weighted by Gasteiger charge is 2.58. The third-order valence-corrected chi connectivity index (χ3v) is 9.89. The van der Waals surface area contributed by atoms with Crippen molar-refractivity contribution in [3.05, 3.63) is 71.6 Å². The second-order valence-electron chi connectivity index (χ2n) is 11.5. The average molecular weight is 471 g/mol. The molecule has 6 rings (SSSR count). The molecule has 4 aliphatic carbocycles. The number of ether oxygens (including phenoxy) is 1. The fraction of sp³-hybridized carbons (Fsp3) is 0.500. The number of fused-ring (bicyclic) bond motifs is 5. The molecule has 0 spiro atoms. The van der Waals surface area contributed by atoms with Crippen molar-refractivity contribution in [3.63, 3.8) is 0 Å². The van der Waals surface area contributed by atoms with E-state index in [9.17, 15) is 9.59 Å². The lowest BCUT2D eigenvalue weighted by atomic mass is 9.48. The predicted octanol–water partition coefficient (Wildman–Crippen LogP) is 6.09. The van der Waals surface area contributed by atoms with Crippen molar-refractivity contribution in [2.45, 2.75) is 64.9 Å². The maximum Gasteiger partial charge on any atom is 0.338 e. The number of aromatic nitrogens is 2. The van der Waals surface area contributed by atoms with E-state index in [1.54, 1.807) is 6.20 Å². The minimum atomic E-state index is -0.216. The van der Waals surface area contributed by atoms with Crippen LogP contribution in [0.2, 0.25) is 0 Å². The molecule has 5 heteroatoms. The number of aldehydes is 1. The molecule has 0 unspecified atom stereocenters. The summed E-state index contributed by atoms with van der Waals surface area (Å²) < 4.78 is 7.89. The maximum atomic E-state index is 12.6. The number of hydrogen-bond donors (Lipinski definition) is 0. The van der Waals surface area contributed by atoms with Crippen LogP contribution in [-0.4, -0.2) is 28.1 Å². The van der Waals surface area contributed by atoms with E-state index in [1.165, 1.54) is 5.57 Å². The molecule has 1 aromatic carbocycles. The van der Waals surface area contributed by atoms with Crippen molar-refractivity contribution < 1.29 is 14.3 Å².